The molecular formula is C27H18S. The van der Waals surface area contributed by atoms with Gasteiger partial charge in [-0.15, -0.1) is 11.3 Å². The minimum absolute atomic E-state index is 1.27. The van der Waals surface area contributed by atoms with Crippen molar-refractivity contribution in [2.75, 3.05) is 0 Å². The van der Waals surface area contributed by atoms with E-state index in [0.29, 0.717) is 0 Å². The van der Waals surface area contributed by atoms with Crippen LogP contribution in [0.2, 0.25) is 0 Å². The van der Waals surface area contributed by atoms with E-state index >= 15 is 0 Å². The van der Waals surface area contributed by atoms with E-state index in [0.717, 1.165) is 0 Å². The summed E-state index contributed by atoms with van der Waals surface area (Å²) in [5.41, 5.74) is 3.84. The summed E-state index contributed by atoms with van der Waals surface area (Å²) in [5, 5.41) is 8.00. The smallest absolute Gasteiger partial charge is 0.0433 e. The van der Waals surface area contributed by atoms with E-state index in [1.807, 2.05) is 11.3 Å². The van der Waals surface area contributed by atoms with Gasteiger partial charge >= 0.3 is 0 Å². The van der Waals surface area contributed by atoms with Crippen LogP contribution in [0.5, 0.6) is 0 Å². The number of hydrogen-bond donors (Lipinski definition) is 0. The number of benzene rings is 5. The molecule has 0 unspecified atom stereocenters. The van der Waals surface area contributed by atoms with Crippen LogP contribution < -0.4 is 0 Å². The van der Waals surface area contributed by atoms with E-state index < -0.39 is 0 Å². The Hall–Kier alpha value is -3.16. The zero-order valence-corrected chi connectivity index (χ0v) is 16.4. The highest BCUT2D eigenvalue weighted by molar-refractivity contribution is 7.26. The lowest BCUT2D eigenvalue weighted by Gasteiger charge is -2.05. The standard InChI is InChI=1S/C27H18S/c1-17-6-8-18(9-7-17)20-10-11-21-16-26-25(15-22(21)14-20)24-13-12-19-4-2-3-5-23(19)27(24)28-26/h2-16H,1H3. The zero-order valence-electron chi connectivity index (χ0n) is 15.6. The van der Waals surface area contributed by atoms with Crippen molar-refractivity contribution in [2.24, 2.45) is 0 Å². The van der Waals surface area contributed by atoms with E-state index in [4.69, 9.17) is 0 Å². The first kappa shape index (κ1) is 15.9. The molecule has 0 spiro atoms. The molecule has 1 heteroatoms. The molecule has 0 nitrogen and oxygen atoms in total. The molecule has 0 amide bonds. The van der Waals surface area contributed by atoms with Gasteiger partial charge in [-0.1, -0.05) is 78.4 Å². The van der Waals surface area contributed by atoms with Gasteiger partial charge in [0.1, 0.15) is 0 Å². The van der Waals surface area contributed by atoms with Crippen LogP contribution in [0.25, 0.3) is 52.8 Å². The Morgan fingerprint density at radius 2 is 1.32 bits per heavy atom. The average Bonchev–Trinajstić information content (AvgIpc) is 3.10. The SMILES string of the molecule is Cc1ccc(-c2ccc3cc4sc5c6ccccc6ccc5c4cc3c2)cc1. The molecule has 0 bridgehead atoms. The molecule has 0 aliphatic carbocycles. The monoisotopic (exact) mass is 374 g/mol. The van der Waals surface area contributed by atoms with Crippen molar-refractivity contribution in [3.63, 3.8) is 0 Å². The quantitative estimate of drug-likeness (QED) is 0.271. The highest BCUT2D eigenvalue weighted by Gasteiger charge is 2.10. The molecule has 1 heterocycles. The molecule has 0 aliphatic heterocycles. The summed E-state index contributed by atoms with van der Waals surface area (Å²) in [4.78, 5) is 0. The van der Waals surface area contributed by atoms with E-state index in [9.17, 15) is 0 Å². The fraction of sp³-hybridized carbons (Fsp3) is 0.0370. The molecule has 0 radical (unpaired) electrons. The number of hydrogen-bond acceptors (Lipinski definition) is 1. The van der Waals surface area contributed by atoms with Crippen molar-refractivity contribution < 1.29 is 0 Å². The van der Waals surface area contributed by atoms with E-state index in [-0.39, 0.29) is 0 Å². The molecule has 0 N–H and O–H groups in total. The minimum Gasteiger partial charge on any atom is -0.135 e. The molecule has 0 saturated heterocycles. The maximum Gasteiger partial charge on any atom is 0.0433 e. The van der Waals surface area contributed by atoms with Crippen LogP contribution in [-0.2, 0) is 0 Å². The third-order valence-electron chi connectivity index (χ3n) is 5.71. The molecule has 6 aromatic rings. The maximum absolute atomic E-state index is 2.37. The highest BCUT2D eigenvalue weighted by atomic mass is 32.1. The molecule has 1 aromatic heterocycles. The number of rotatable bonds is 1. The van der Waals surface area contributed by atoms with Crippen molar-refractivity contribution in [3.8, 4) is 11.1 Å². The Kier molecular flexibility index (Phi) is 3.35. The van der Waals surface area contributed by atoms with Gasteiger partial charge in [-0.25, -0.2) is 0 Å². The third-order valence-corrected chi connectivity index (χ3v) is 6.91. The van der Waals surface area contributed by atoms with Crippen molar-refractivity contribution in [2.45, 2.75) is 6.92 Å². The van der Waals surface area contributed by atoms with Crippen molar-refractivity contribution in [3.05, 3.63) is 96.6 Å². The van der Waals surface area contributed by atoms with Gasteiger partial charge in [0.25, 0.3) is 0 Å². The molecule has 132 valence electrons. The first-order chi connectivity index (χ1) is 13.8. The van der Waals surface area contributed by atoms with Crippen LogP contribution >= 0.6 is 11.3 Å². The average molecular weight is 375 g/mol. The molecule has 0 saturated carbocycles. The highest BCUT2D eigenvalue weighted by Crippen LogP contribution is 2.40. The number of aryl methyl sites for hydroxylation is 1. The summed E-state index contributed by atoms with van der Waals surface area (Å²) in [7, 11) is 0. The summed E-state index contributed by atoms with van der Waals surface area (Å²) in [5.74, 6) is 0. The second kappa shape index (κ2) is 5.92. The third kappa shape index (κ3) is 2.37. The summed E-state index contributed by atoms with van der Waals surface area (Å²) in [6.45, 7) is 2.13. The van der Waals surface area contributed by atoms with Crippen molar-refractivity contribution >= 4 is 53.1 Å². The Bertz CT molecular complexity index is 1500. The van der Waals surface area contributed by atoms with Crippen molar-refractivity contribution in [1.29, 1.82) is 0 Å². The Labute approximate surface area is 167 Å². The van der Waals surface area contributed by atoms with Crippen LogP contribution in [0.3, 0.4) is 0 Å². The Morgan fingerprint density at radius 3 is 2.21 bits per heavy atom. The fourth-order valence-corrected chi connectivity index (χ4v) is 5.44. The maximum atomic E-state index is 2.37. The molecule has 0 aliphatic rings. The predicted molar refractivity (Wildman–Crippen MR) is 125 cm³/mol. The van der Waals surface area contributed by atoms with Gasteiger partial charge in [-0.2, -0.15) is 0 Å². The van der Waals surface area contributed by atoms with Crippen LogP contribution in [0.1, 0.15) is 5.56 Å². The summed E-state index contributed by atoms with van der Waals surface area (Å²) in [6, 6.07) is 33.5. The van der Waals surface area contributed by atoms with Gasteiger partial charge in [-0.3, -0.25) is 0 Å². The van der Waals surface area contributed by atoms with E-state index in [1.54, 1.807) is 0 Å². The summed E-state index contributed by atoms with van der Waals surface area (Å²) >= 11 is 1.91. The predicted octanol–water partition coefficient (Wildman–Crippen LogP) is 8.34. The van der Waals surface area contributed by atoms with Gasteiger partial charge in [-0.05, 0) is 57.8 Å². The Balaban J connectivity index is 1.63. The van der Waals surface area contributed by atoms with Crippen LogP contribution in [-0.4, -0.2) is 0 Å². The summed E-state index contributed by atoms with van der Waals surface area (Å²) < 4.78 is 2.75. The molecule has 0 atom stereocenters. The van der Waals surface area contributed by atoms with Gasteiger partial charge in [0, 0.05) is 20.2 Å². The van der Waals surface area contributed by atoms with Crippen LogP contribution in [0, 0.1) is 6.92 Å². The summed E-state index contributed by atoms with van der Waals surface area (Å²) in [6.07, 6.45) is 0. The lowest BCUT2D eigenvalue weighted by Crippen LogP contribution is -1.80. The minimum atomic E-state index is 1.27. The lowest BCUT2D eigenvalue weighted by molar-refractivity contribution is 1.47. The van der Waals surface area contributed by atoms with Gasteiger partial charge < -0.3 is 0 Å². The molecule has 6 rings (SSSR count). The van der Waals surface area contributed by atoms with Gasteiger partial charge in [0.15, 0.2) is 0 Å². The topological polar surface area (TPSA) is 0 Å². The second-order valence-electron chi connectivity index (χ2n) is 7.54. The fourth-order valence-electron chi connectivity index (χ4n) is 4.17. The van der Waals surface area contributed by atoms with E-state index in [1.165, 1.54) is 58.4 Å². The number of thiophene rings is 1. The first-order valence-corrected chi connectivity index (χ1v) is 10.4. The zero-order chi connectivity index (χ0) is 18.7. The first-order valence-electron chi connectivity index (χ1n) is 9.61. The number of fused-ring (bicyclic) bond motifs is 6. The molecular weight excluding hydrogens is 356 g/mol. The van der Waals surface area contributed by atoms with E-state index in [2.05, 4.69) is 97.9 Å². The molecule has 28 heavy (non-hydrogen) atoms. The van der Waals surface area contributed by atoms with Crippen LogP contribution in [0.4, 0.5) is 0 Å². The largest absolute Gasteiger partial charge is 0.135 e. The van der Waals surface area contributed by atoms with Crippen molar-refractivity contribution in [1.82, 2.24) is 0 Å². The second-order valence-corrected chi connectivity index (χ2v) is 8.59. The van der Waals surface area contributed by atoms with Gasteiger partial charge in [0.05, 0.1) is 0 Å². The van der Waals surface area contributed by atoms with Gasteiger partial charge in [0.2, 0.25) is 0 Å². The molecule has 5 aromatic carbocycles. The lowest BCUT2D eigenvalue weighted by atomic mass is 9.99. The normalized spacial score (nSPS) is 11.8. The molecule has 0 fully saturated rings. The Morgan fingerprint density at radius 1 is 0.536 bits per heavy atom. The van der Waals surface area contributed by atoms with Crippen LogP contribution in [0.15, 0.2) is 91.0 Å².